The maximum absolute atomic E-state index is 5.52. The Morgan fingerprint density at radius 2 is 2.20 bits per heavy atom. The van der Waals surface area contributed by atoms with Crippen molar-refractivity contribution in [3.8, 4) is 0 Å². The number of nitrogens with one attached hydrogen (secondary N) is 1. The van der Waals surface area contributed by atoms with Crippen molar-refractivity contribution in [1.82, 2.24) is 10.4 Å². The summed E-state index contributed by atoms with van der Waals surface area (Å²) in [5.74, 6) is 5.52. The zero-order valence-electron chi connectivity index (χ0n) is 9.24. The molecule has 0 bridgehead atoms. The van der Waals surface area contributed by atoms with E-state index < -0.39 is 0 Å². The Labute approximate surface area is 91.4 Å². The third kappa shape index (κ3) is 4.23. The van der Waals surface area contributed by atoms with Crippen LogP contribution in [0.2, 0.25) is 0 Å². The van der Waals surface area contributed by atoms with E-state index in [2.05, 4.69) is 23.9 Å². The first-order valence-corrected chi connectivity index (χ1v) is 5.28. The molecule has 0 aliphatic carbocycles. The standard InChI is InChI=1S/C12H19N3/c1-3-10(2)8-12(15-13)9-11-4-6-14-7-5-11/h4-7,12,15H,2-3,8-9,13H2,1H3. The van der Waals surface area contributed by atoms with Crippen molar-refractivity contribution < 1.29 is 0 Å². The molecule has 1 aromatic heterocycles. The minimum absolute atomic E-state index is 0.264. The first-order valence-electron chi connectivity index (χ1n) is 5.28. The molecule has 1 aromatic rings. The zero-order valence-corrected chi connectivity index (χ0v) is 9.24. The number of nitrogens with zero attached hydrogens (tertiary/aromatic N) is 1. The van der Waals surface area contributed by atoms with E-state index in [4.69, 9.17) is 5.84 Å². The van der Waals surface area contributed by atoms with Crippen molar-refractivity contribution in [1.29, 1.82) is 0 Å². The SMILES string of the molecule is C=C(CC)CC(Cc1ccncc1)NN. The van der Waals surface area contributed by atoms with Crippen LogP contribution in [0.5, 0.6) is 0 Å². The molecule has 0 saturated carbocycles. The number of rotatable bonds is 6. The minimum atomic E-state index is 0.264. The lowest BCUT2D eigenvalue weighted by molar-refractivity contribution is 0.516. The summed E-state index contributed by atoms with van der Waals surface area (Å²) in [5.41, 5.74) is 5.31. The Kier molecular flexibility index (Phi) is 5.01. The van der Waals surface area contributed by atoms with Crippen LogP contribution in [0.25, 0.3) is 0 Å². The maximum Gasteiger partial charge on any atom is 0.0287 e. The number of pyridine rings is 1. The molecule has 0 aromatic carbocycles. The molecule has 3 nitrogen and oxygen atoms in total. The van der Waals surface area contributed by atoms with Gasteiger partial charge in [-0.1, -0.05) is 19.1 Å². The quantitative estimate of drug-likeness (QED) is 0.423. The van der Waals surface area contributed by atoms with Gasteiger partial charge in [-0.3, -0.25) is 16.3 Å². The third-order valence-electron chi connectivity index (χ3n) is 2.50. The molecule has 1 rings (SSSR count). The van der Waals surface area contributed by atoms with Gasteiger partial charge in [-0.15, -0.1) is 0 Å². The average molecular weight is 205 g/mol. The van der Waals surface area contributed by atoms with Gasteiger partial charge in [0.15, 0.2) is 0 Å². The molecule has 1 atom stereocenters. The van der Waals surface area contributed by atoms with Gasteiger partial charge in [-0.2, -0.15) is 0 Å². The molecule has 0 amide bonds. The van der Waals surface area contributed by atoms with Crippen LogP contribution in [0.1, 0.15) is 25.3 Å². The second kappa shape index (κ2) is 6.32. The van der Waals surface area contributed by atoms with Gasteiger partial charge in [-0.25, -0.2) is 0 Å². The van der Waals surface area contributed by atoms with Crippen LogP contribution < -0.4 is 11.3 Å². The van der Waals surface area contributed by atoms with Crippen molar-refractivity contribution in [2.45, 2.75) is 32.2 Å². The van der Waals surface area contributed by atoms with Gasteiger partial charge >= 0.3 is 0 Å². The second-order valence-electron chi connectivity index (χ2n) is 3.73. The molecule has 1 unspecified atom stereocenters. The highest BCUT2D eigenvalue weighted by atomic mass is 15.2. The highest BCUT2D eigenvalue weighted by Crippen LogP contribution is 2.11. The summed E-state index contributed by atoms with van der Waals surface area (Å²) in [6.07, 6.45) is 6.46. The van der Waals surface area contributed by atoms with Crippen LogP contribution in [0.15, 0.2) is 36.7 Å². The third-order valence-corrected chi connectivity index (χ3v) is 2.50. The lowest BCUT2D eigenvalue weighted by atomic mass is 10.00. The number of hydrogen-bond donors (Lipinski definition) is 2. The second-order valence-corrected chi connectivity index (χ2v) is 3.73. The molecule has 0 fully saturated rings. The Hall–Kier alpha value is -1.19. The lowest BCUT2D eigenvalue weighted by Gasteiger charge is -2.16. The van der Waals surface area contributed by atoms with E-state index >= 15 is 0 Å². The number of hydrogen-bond acceptors (Lipinski definition) is 3. The van der Waals surface area contributed by atoms with E-state index in [0.717, 1.165) is 19.3 Å². The van der Waals surface area contributed by atoms with E-state index in [-0.39, 0.29) is 6.04 Å². The van der Waals surface area contributed by atoms with E-state index in [1.54, 1.807) is 12.4 Å². The predicted octanol–water partition coefficient (Wildman–Crippen LogP) is 1.81. The highest BCUT2D eigenvalue weighted by molar-refractivity contribution is 5.12. The number of aromatic nitrogens is 1. The van der Waals surface area contributed by atoms with Gasteiger partial charge in [-0.05, 0) is 37.0 Å². The first kappa shape index (κ1) is 11.9. The number of hydrazine groups is 1. The minimum Gasteiger partial charge on any atom is -0.271 e. The fourth-order valence-corrected chi connectivity index (χ4v) is 1.49. The molecule has 0 spiro atoms. The van der Waals surface area contributed by atoms with Crippen molar-refractivity contribution in [2.24, 2.45) is 5.84 Å². The summed E-state index contributed by atoms with van der Waals surface area (Å²) >= 11 is 0. The molecule has 3 N–H and O–H groups in total. The Bertz CT molecular complexity index is 295. The topological polar surface area (TPSA) is 50.9 Å². The van der Waals surface area contributed by atoms with Crippen LogP contribution in [-0.2, 0) is 6.42 Å². The molecular formula is C12H19N3. The number of nitrogens with two attached hydrogens (primary N) is 1. The molecule has 15 heavy (non-hydrogen) atoms. The molecular weight excluding hydrogens is 186 g/mol. The van der Waals surface area contributed by atoms with Gasteiger partial charge in [0.25, 0.3) is 0 Å². The van der Waals surface area contributed by atoms with Gasteiger partial charge in [0, 0.05) is 18.4 Å². The van der Waals surface area contributed by atoms with Crippen molar-refractivity contribution in [2.75, 3.05) is 0 Å². The van der Waals surface area contributed by atoms with Crippen LogP contribution in [0, 0.1) is 0 Å². The van der Waals surface area contributed by atoms with E-state index in [0.29, 0.717) is 0 Å². The van der Waals surface area contributed by atoms with Crippen molar-refractivity contribution in [3.63, 3.8) is 0 Å². The zero-order chi connectivity index (χ0) is 11.1. The monoisotopic (exact) mass is 205 g/mol. The molecule has 3 heteroatoms. The Balaban J connectivity index is 2.50. The fourth-order valence-electron chi connectivity index (χ4n) is 1.49. The van der Waals surface area contributed by atoms with Gasteiger partial charge < -0.3 is 0 Å². The fraction of sp³-hybridized carbons (Fsp3) is 0.417. The Morgan fingerprint density at radius 1 is 1.53 bits per heavy atom. The summed E-state index contributed by atoms with van der Waals surface area (Å²) in [4.78, 5) is 3.99. The summed E-state index contributed by atoms with van der Waals surface area (Å²) in [6, 6.07) is 4.29. The predicted molar refractivity (Wildman–Crippen MR) is 63.1 cm³/mol. The molecule has 0 saturated heterocycles. The van der Waals surface area contributed by atoms with Gasteiger partial charge in [0.05, 0.1) is 0 Å². The summed E-state index contributed by atoms with van der Waals surface area (Å²) < 4.78 is 0. The van der Waals surface area contributed by atoms with Crippen molar-refractivity contribution in [3.05, 3.63) is 42.2 Å². The highest BCUT2D eigenvalue weighted by Gasteiger charge is 2.08. The summed E-state index contributed by atoms with van der Waals surface area (Å²) in [6.45, 7) is 6.11. The van der Waals surface area contributed by atoms with Crippen molar-refractivity contribution >= 4 is 0 Å². The van der Waals surface area contributed by atoms with E-state index in [1.165, 1.54) is 11.1 Å². The molecule has 0 aliphatic rings. The Morgan fingerprint density at radius 3 is 2.73 bits per heavy atom. The maximum atomic E-state index is 5.52. The molecule has 82 valence electrons. The van der Waals surface area contributed by atoms with Crippen LogP contribution in [0.4, 0.5) is 0 Å². The normalized spacial score (nSPS) is 12.4. The van der Waals surface area contributed by atoms with E-state index in [9.17, 15) is 0 Å². The van der Waals surface area contributed by atoms with Gasteiger partial charge in [0.1, 0.15) is 0 Å². The largest absolute Gasteiger partial charge is 0.271 e. The average Bonchev–Trinajstić information content (AvgIpc) is 2.29. The van der Waals surface area contributed by atoms with Crippen LogP contribution in [-0.4, -0.2) is 11.0 Å². The molecule has 1 heterocycles. The summed E-state index contributed by atoms with van der Waals surface area (Å²) in [7, 11) is 0. The molecule has 0 radical (unpaired) electrons. The first-order chi connectivity index (χ1) is 7.26. The van der Waals surface area contributed by atoms with Gasteiger partial charge in [0.2, 0.25) is 0 Å². The molecule has 0 aliphatic heterocycles. The lowest BCUT2D eigenvalue weighted by Crippen LogP contribution is -2.37. The van der Waals surface area contributed by atoms with E-state index in [1.807, 2.05) is 12.1 Å². The van der Waals surface area contributed by atoms with Crippen LogP contribution in [0.3, 0.4) is 0 Å². The smallest absolute Gasteiger partial charge is 0.0287 e. The van der Waals surface area contributed by atoms with Crippen LogP contribution >= 0.6 is 0 Å². The summed E-state index contributed by atoms with van der Waals surface area (Å²) in [5, 5.41) is 0.